The van der Waals surface area contributed by atoms with E-state index in [0.29, 0.717) is 19.8 Å². The molecule has 0 aliphatic carbocycles. The van der Waals surface area contributed by atoms with Crippen molar-refractivity contribution in [2.45, 2.75) is 25.7 Å². The van der Waals surface area contributed by atoms with Crippen LogP contribution in [0.25, 0.3) is 0 Å². The fourth-order valence-corrected chi connectivity index (χ4v) is 2.32. The molecule has 0 amide bonds. The Hall–Kier alpha value is -0.900. The molecule has 7 heteroatoms. The second-order valence-corrected chi connectivity index (χ2v) is 5.75. The third kappa shape index (κ3) is 11.7. The summed E-state index contributed by atoms with van der Waals surface area (Å²) in [4.78, 5) is 4.61. The van der Waals surface area contributed by atoms with Gasteiger partial charge in [0.25, 0.3) is 0 Å². The number of nitrogens with one attached hydrogen (secondary N) is 2. The summed E-state index contributed by atoms with van der Waals surface area (Å²) in [5.41, 5.74) is 1.11. The van der Waals surface area contributed by atoms with Gasteiger partial charge in [-0.3, -0.25) is 4.99 Å². The van der Waals surface area contributed by atoms with Crippen molar-refractivity contribution in [3.05, 3.63) is 35.9 Å². The number of hydrogen-bond acceptors (Lipinski definition) is 4. The number of aliphatic hydroxyl groups excluding tert-OH is 1. The molecule has 0 bridgehead atoms. The van der Waals surface area contributed by atoms with Gasteiger partial charge in [0.15, 0.2) is 5.96 Å². The first kappa shape index (κ1) is 25.1. The second kappa shape index (κ2) is 17.5. The SMILES string of the molecule is CCNC(=NCC(CO)c1ccccc1)NCCCCOCCOC.I. The van der Waals surface area contributed by atoms with E-state index in [1.165, 1.54) is 0 Å². The summed E-state index contributed by atoms with van der Waals surface area (Å²) in [7, 11) is 1.67. The number of aliphatic hydroxyl groups is 1. The summed E-state index contributed by atoms with van der Waals surface area (Å²) in [6, 6.07) is 10.0. The highest BCUT2D eigenvalue weighted by Crippen LogP contribution is 2.14. The minimum absolute atomic E-state index is 0. The number of benzene rings is 1. The van der Waals surface area contributed by atoms with E-state index in [1.807, 2.05) is 37.3 Å². The van der Waals surface area contributed by atoms with E-state index < -0.39 is 0 Å². The molecule has 0 saturated heterocycles. The van der Waals surface area contributed by atoms with Gasteiger partial charge in [-0.15, -0.1) is 24.0 Å². The molecule has 0 radical (unpaired) electrons. The largest absolute Gasteiger partial charge is 0.396 e. The number of guanidine groups is 1. The lowest BCUT2D eigenvalue weighted by molar-refractivity contribution is 0.0689. The molecule has 0 aliphatic rings. The van der Waals surface area contributed by atoms with Crippen LogP contribution >= 0.6 is 24.0 Å². The van der Waals surface area contributed by atoms with Crippen molar-refractivity contribution in [1.82, 2.24) is 10.6 Å². The fourth-order valence-electron chi connectivity index (χ4n) is 2.32. The molecular formula is C19H34IN3O3. The van der Waals surface area contributed by atoms with Crippen molar-refractivity contribution in [1.29, 1.82) is 0 Å². The molecule has 1 rings (SSSR count). The van der Waals surface area contributed by atoms with Crippen LogP contribution in [0.3, 0.4) is 0 Å². The second-order valence-electron chi connectivity index (χ2n) is 5.75. The Bertz CT molecular complexity index is 461. The highest BCUT2D eigenvalue weighted by Gasteiger charge is 2.09. The van der Waals surface area contributed by atoms with Gasteiger partial charge >= 0.3 is 0 Å². The van der Waals surface area contributed by atoms with Crippen LogP contribution in [0.1, 0.15) is 31.2 Å². The zero-order valence-electron chi connectivity index (χ0n) is 15.9. The highest BCUT2D eigenvalue weighted by atomic mass is 127. The van der Waals surface area contributed by atoms with E-state index in [-0.39, 0.29) is 36.5 Å². The van der Waals surface area contributed by atoms with Gasteiger partial charge in [-0.25, -0.2) is 0 Å². The molecule has 0 spiro atoms. The topological polar surface area (TPSA) is 75.1 Å². The number of aliphatic imine (C=N–C) groups is 1. The summed E-state index contributed by atoms with van der Waals surface area (Å²) in [6.07, 6.45) is 2.01. The first-order valence-corrected chi connectivity index (χ1v) is 9.06. The average Bonchev–Trinajstić information content (AvgIpc) is 2.65. The van der Waals surface area contributed by atoms with Crippen LogP contribution in [-0.4, -0.2) is 64.2 Å². The fraction of sp³-hybridized carbons (Fsp3) is 0.632. The van der Waals surface area contributed by atoms with Gasteiger partial charge in [0.1, 0.15) is 0 Å². The van der Waals surface area contributed by atoms with E-state index in [1.54, 1.807) is 7.11 Å². The van der Waals surface area contributed by atoms with Crippen molar-refractivity contribution in [3.8, 4) is 0 Å². The number of unbranched alkanes of at least 4 members (excludes halogenated alkanes) is 1. The number of ether oxygens (including phenoxy) is 2. The third-order valence-electron chi connectivity index (χ3n) is 3.75. The van der Waals surface area contributed by atoms with Gasteiger partial charge in [0.05, 0.1) is 26.4 Å². The van der Waals surface area contributed by atoms with E-state index >= 15 is 0 Å². The lowest BCUT2D eigenvalue weighted by Gasteiger charge is -2.15. The number of rotatable bonds is 13. The zero-order valence-corrected chi connectivity index (χ0v) is 18.3. The van der Waals surface area contributed by atoms with E-state index in [9.17, 15) is 5.11 Å². The number of methoxy groups -OCH3 is 1. The normalized spacial score (nSPS) is 12.3. The van der Waals surface area contributed by atoms with Crippen LogP contribution in [0.4, 0.5) is 0 Å². The Kier molecular flexibility index (Phi) is 16.9. The Labute approximate surface area is 174 Å². The lowest BCUT2D eigenvalue weighted by atomic mass is 10.0. The number of hydrogen-bond donors (Lipinski definition) is 3. The molecule has 0 fully saturated rings. The Balaban J connectivity index is 0.00000625. The van der Waals surface area contributed by atoms with Gasteiger partial charge in [-0.05, 0) is 25.3 Å². The van der Waals surface area contributed by atoms with Crippen molar-refractivity contribution >= 4 is 29.9 Å². The molecule has 1 unspecified atom stereocenters. The van der Waals surface area contributed by atoms with Crippen LogP contribution in [0, 0.1) is 0 Å². The van der Waals surface area contributed by atoms with Crippen LogP contribution in [-0.2, 0) is 9.47 Å². The summed E-state index contributed by atoms with van der Waals surface area (Å²) in [6.45, 7) is 6.37. The Morgan fingerprint density at radius 2 is 1.88 bits per heavy atom. The molecular weight excluding hydrogens is 445 g/mol. The summed E-state index contributed by atoms with van der Waals surface area (Å²) < 4.78 is 10.4. The maximum absolute atomic E-state index is 9.62. The van der Waals surface area contributed by atoms with E-state index in [4.69, 9.17) is 9.47 Å². The summed E-state index contributed by atoms with van der Waals surface area (Å²) in [5, 5.41) is 16.2. The molecule has 0 aliphatic heterocycles. The molecule has 3 N–H and O–H groups in total. The van der Waals surface area contributed by atoms with Crippen molar-refractivity contribution in [2.75, 3.05) is 53.2 Å². The van der Waals surface area contributed by atoms with Gasteiger partial charge in [0, 0.05) is 32.7 Å². The van der Waals surface area contributed by atoms with Crippen molar-refractivity contribution < 1.29 is 14.6 Å². The number of halogens is 1. The molecule has 1 atom stereocenters. The predicted octanol–water partition coefficient (Wildman–Crippen LogP) is 2.38. The molecule has 150 valence electrons. The molecule has 6 nitrogen and oxygen atoms in total. The molecule has 0 aromatic heterocycles. The standard InChI is InChI=1S/C19H33N3O3.HI/c1-3-20-19(21-11-7-8-12-25-14-13-24-2)22-15-18(16-23)17-9-5-4-6-10-17;/h4-6,9-10,18,23H,3,7-8,11-16H2,1-2H3,(H2,20,21,22);1H. The van der Waals surface area contributed by atoms with Crippen LogP contribution in [0.5, 0.6) is 0 Å². The van der Waals surface area contributed by atoms with Crippen LogP contribution < -0.4 is 10.6 Å². The first-order chi connectivity index (χ1) is 12.3. The van der Waals surface area contributed by atoms with E-state index in [2.05, 4.69) is 15.6 Å². The quantitative estimate of drug-likeness (QED) is 0.175. The molecule has 1 aromatic rings. The predicted molar refractivity (Wildman–Crippen MR) is 118 cm³/mol. The van der Waals surface area contributed by atoms with Crippen LogP contribution in [0.15, 0.2) is 35.3 Å². The monoisotopic (exact) mass is 479 g/mol. The smallest absolute Gasteiger partial charge is 0.191 e. The summed E-state index contributed by atoms with van der Waals surface area (Å²) >= 11 is 0. The molecule has 0 heterocycles. The van der Waals surface area contributed by atoms with Crippen molar-refractivity contribution in [2.24, 2.45) is 4.99 Å². The van der Waals surface area contributed by atoms with Gasteiger partial charge in [-0.1, -0.05) is 30.3 Å². The van der Waals surface area contributed by atoms with E-state index in [0.717, 1.165) is 44.1 Å². The van der Waals surface area contributed by atoms with Crippen molar-refractivity contribution in [3.63, 3.8) is 0 Å². The highest BCUT2D eigenvalue weighted by molar-refractivity contribution is 14.0. The average molecular weight is 479 g/mol. The maximum atomic E-state index is 9.62. The lowest BCUT2D eigenvalue weighted by Crippen LogP contribution is -2.38. The zero-order chi connectivity index (χ0) is 18.2. The molecule has 1 aromatic carbocycles. The van der Waals surface area contributed by atoms with Crippen LogP contribution in [0.2, 0.25) is 0 Å². The van der Waals surface area contributed by atoms with Gasteiger partial charge in [-0.2, -0.15) is 0 Å². The Morgan fingerprint density at radius 1 is 1.12 bits per heavy atom. The summed E-state index contributed by atoms with van der Waals surface area (Å²) in [5.74, 6) is 0.808. The first-order valence-electron chi connectivity index (χ1n) is 9.06. The number of nitrogens with zero attached hydrogens (tertiary/aromatic N) is 1. The molecule has 0 saturated carbocycles. The maximum Gasteiger partial charge on any atom is 0.191 e. The van der Waals surface area contributed by atoms with Gasteiger partial charge in [0.2, 0.25) is 0 Å². The minimum atomic E-state index is 0. The Morgan fingerprint density at radius 3 is 2.54 bits per heavy atom. The minimum Gasteiger partial charge on any atom is -0.396 e. The molecule has 26 heavy (non-hydrogen) atoms. The van der Waals surface area contributed by atoms with Gasteiger partial charge < -0.3 is 25.2 Å². The third-order valence-corrected chi connectivity index (χ3v) is 3.75.